The molecular formula is C16H13F7. The van der Waals surface area contributed by atoms with Gasteiger partial charge in [0.1, 0.15) is 0 Å². The molecule has 7 heteroatoms. The van der Waals surface area contributed by atoms with Crippen molar-refractivity contribution in [2.24, 2.45) is 5.92 Å². The predicted molar refractivity (Wildman–Crippen MR) is 73.3 cm³/mol. The molecule has 0 atom stereocenters. The van der Waals surface area contributed by atoms with E-state index in [1.807, 2.05) is 5.73 Å². The van der Waals surface area contributed by atoms with Gasteiger partial charge in [-0.05, 0) is 42.7 Å². The highest BCUT2D eigenvalue weighted by Gasteiger charge is 2.22. The van der Waals surface area contributed by atoms with E-state index < -0.39 is 12.3 Å². The zero-order chi connectivity index (χ0) is 18.9. The van der Waals surface area contributed by atoms with Crippen molar-refractivity contribution in [1.29, 1.82) is 0 Å². The van der Waals surface area contributed by atoms with Gasteiger partial charge in [-0.1, -0.05) is 25.5 Å². The van der Waals surface area contributed by atoms with Gasteiger partial charge in [0.15, 0.2) is 0 Å². The number of halogens is 7. The highest BCUT2D eigenvalue weighted by Crippen LogP contribution is 2.11. The van der Waals surface area contributed by atoms with Gasteiger partial charge < -0.3 is 0 Å². The molecule has 0 aromatic carbocycles. The van der Waals surface area contributed by atoms with Crippen molar-refractivity contribution in [3.63, 3.8) is 0 Å². The van der Waals surface area contributed by atoms with Crippen LogP contribution >= 0.6 is 0 Å². The first-order chi connectivity index (χ1) is 10.5. The maximum atomic E-state index is 11.3. The zero-order valence-electron chi connectivity index (χ0n) is 12.7. The lowest BCUT2D eigenvalue weighted by Crippen LogP contribution is -2.00. The average molecular weight is 338 g/mol. The largest absolute Gasteiger partial charge is 0.458 e. The molecule has 0 aromatic rings. The van der Waals surface area contributed by atoms with E-state index in [1.54, 1.807) is 39.3 Å². The van der Waals surface area contributed by atoms with Gasteiger partial charge in [0, 0.05) is 26.7 Å². The van der Waals surface area contributed by atoms with Crippen LogP contribution in [0.1, 0.15) is 27.7 Å². The molecule has 0 unspecified atom stereocenters. The van der Waals surface area contributed by atoms with Crippen LogP contribution in [-0.2, 0) is 0 Å². The monoisotopic (exact) mass is 338 g/mol. The van der Waals surface area contributed by atoms with E-state index in [4.69, 9.17) is 9.15 Å². The highest BCUT2D eigenvalue weighted by molar-refractivity contribution is 5.27. The third-order valence-electron chi connectivity index (χ3n) is 1.16. The fraction of sp³-hybridized carbons (Fsp3) is 0.375. The summed E-state index contributed by atoms with van der Waals surface area (Å²) in [5.74, 6) is 7.43. The van der Waals surface area contributed by atoms with Crippen LogP contribution in [0.25, 0.3) is 0 Å². The molecule has 0 heterocycles. The summed E-state index contributed by atoms with van der Waals surface area (Å²) in [5.41, 5.74) is 9.21. The van der Waals surface area contributed by atoms with Crippen molar-refractivity contribution in [1.82, 2.24) is 0 Å². The first-order valence-electron chi connectivity index (χ1n) is 5.78. The van der Waals surface area contributed by atoms with Crippen LogP contribution in [0.15, 0.2) is 34.6 Å². The van der Waals surface area contributed by atoms with Crippen molar-refractivity contribution in [2.75, 3.05) is 0 Å². The minimum absolute atomic E-state index is 0.0533. The first-order valence-corrected chi connectivity index (χ1v) is 5.78. The normalized spacial score (nSPS) is 7.65. The van der Waals surface area contributed by atoms with Crippen LogP contribution in [0.5, 0.6) is 0 Å². The summed E-state index contributed by atoms with van der Waals surface area (Å²) in [4.78, 5) is 0. The molecule has 126 valence electrons. The van der Waals surface area contributed by atoms with Crippen LogP contribution in [0.3, 0.4) is 0 Å². The molecule has 0 aliphatic carbocycles. The van der Waals surface area contributed by atoms with E-state index in [1.165, 1.54) is 0 Å². The Bertz CT molecular complexity index is 582. The number of alkyl halides is 3. The van der Waals surface area contributed by atoms with Crippen molar-refractivity contribution >= 4 is 0 Å². The quantitative estimate of drug-likeness (QED) is 0.295. The smallest absolute Gasteiger partial charge is 0.163 e. The molecule has 0 spiro atoms. The molecule has 0 saturated heterocycles. The standard InChI is InChI=1S/C8H7F3.C8H6F2.F2/c1-7(2)5-3-4-6-8(9,10)11;1-7(2)5-3-4-6-8(9)10;1-2/h7H,1-2H3;1-2H3;. The van der Waals surface area contributed by atoms with Gasteiger partial charge in [0.05, 0.1) is 0 Å². The van der Waals surface area contributed by atoms with Crippen LogP contribution in [0, 0.1) is 29.6 Å². The number of hydrogen-bond donors (Lipinski definition) is 0. The van der Waals surface area contributed by atoms with E-state index >= 15 is 0 Å². The van der Waals surface area contributed by atoms with Gasteiger partial charge in [-0.15, -0.1) is 0 Å². The number of rotatable bonds is 0. The molecular weight excluding hydrogens is 325 g/mol. The summed E-state index contributed by atoms with van der Waals surface area (Å²) in [5, 5.41) is 0. The Morgan fingerprint density at radius 3 is 1.70 bits per heavy atom. The molecule has 0 radical (unpaired) electrons. The van der Waals surface area contributed by atoms with Crippen LogP contribution in [0.4, 0.5) is 31.1 Å². The third kappa shape index (κ3) is 38.2. The zero-order valence-corrected chi connectivity index (χ0v) is 12.7. The molecule has 0 aliphatic rings. The van der Waals surface area contributed by atoms with E-state index in [-0.39, 0.29) is 5.92 Å². The molecule has 23 heavy (non-hydrogen) atoms. The molecule has 0 nitrogen and oxygen atoms in total. The molecule has 0 bridgehead atoms. The van der Waals surface area contributed by atoms with Crippen molar-refractivity contribution in [3.05, 3.63) is 34.6 Å². The fourth-order valence-electron chi connectivity index (χ4n) is 0.517. The molecule has 0 saturated carbocycles. The Labute approximate surface area is 130 Å². The Morgan fingerprint density at radius 2 is 1.35 bits per heavy atom. The van der Waals surface area contributed by atoms with Crippen molar-refractivity contribution in [2.45, 2.75) is 33.9 Å². The number of allylic oxidation sites excluding steroid dienone is 1. The number of hydrogen-bond acceptors (Lipinski definition) is 0. The van der Waals surface area contributed by atoms with Crippen molar-refractivity contribution in [3.8, 4) is 23.7 Å². The highest BCUT2D eigenvalue weighted by atomic mass is 20.0. The van der Waals surface area contributed by atoms with Gasteiger partial charge >= 0.3 is 12.3 Å². The van der Waals surface area contributed by atoms with Gasteiger partial charge in [-0.2, -0.15) is 22.0 Å². The van der Waals surface area contributed by atoms with Gasteiger partial charge in [-0.3, -0.25) is 0 Å². The summed E-state index contributed by atoms with van der Waals surface area (Å²) in [6, 6.07) is 0. The molecule has 0 rings (SSSR count). The predicted octanol–water partition coefficient (Wildman–Crippen LogP) is 5.85. The summed E-state index contributed by atoms with van der Waals surface area (Å²) in [6.07, 6.45) is -6.32. The van der Waals surface area contributed by atoms with Gasteiger partial charge in [-0.25, -0.2) is 0 Å². The SMILES string of the molecule is CC(C)=C=C=C=C=C(F)F.CC(C)C#CC#CC(F)(F)F.FF. The summed E-state index contributed by atoms with van der Waals surface area (Å²) in [7, 11) is 0. The molecule has 0 N–H and O–H groups in total. The summed E-state index contributed by atoms with van der Waals surface area (Å²) in [6.45, 7) is 7.12. The van der Waals surface area contributed by atoms with E-state index in [2.05, 4.69) is 23.3 Å². The van der Waals surface area contributed by atoms with Crippen LogP contribution < -0.4 is 0 Å². The van der Waals surface area contributed by atoms with E-state index in [0.29, 0.717) is 0 Å². The van der Waals surface area contributed by atoms with Gasteiger partial charge in [0.25, 0.3) is 0 Å². The fourth-order valence-corrected chi connectivity index (χ4v) is 0.517. The lowest BCUT2D eigenvalue weighted by molar-refractivity contribution is -0.0696. The minimum Gasteiger partial charge on any atom is -0.163 e. The van der Waals surface area contributed by atoms with Crippen LogP contribution in [0.2, 0.25) is 0 Å². The maximum Gasteiger partial charge on any atom is 0.458 e. The topological polar surface area (TPSA) is 0 Å². The average Bonchev–Trinajstić information content (AvgIpc) is 2.41. The Morgan fingerprint density at radius 1 is 0.870 bits per heavy atom. The maximum absolute atomic E-state index is 11.3. The lowest BCUT2D eigenvalue weighted by Gasteiger charge is -1.89. The molecule has 0 aliphatic heterocycles. The lowest BCUT2D eigenvalue weighted by atomic mass is 10.2. The van der Waals surface area contributed by atoms with E-state index in [9.17, 15) is 22.0 Å². The molecule has 0 amide bonds. The van der Waals surface area contributed by atoms with Gasteiger partial charge in [0.2, 0.25) is 0 Å². The minimum atomic E-state index is -4.42. The Hall–Kier alpha value is -2.51. The third-order valence-corrected chi connectivity index (χ3v) is 1.16. The first kappa shape index (κ1) is 25.4. The Kier molecular flexibility index (Phi) is 17.6. The summed E-state index contributed by atoms with van der Waals surface area (Å²) >= 11 is 0. The van der Waals surface area contributed by atoms with Crippen molar-refractivity contribution < 1.29 is 31.1 Å². The molecule has 0 aromatic heterocycles. The second-order valence-corrected chi connectivity index (χ2v) is 3.93. The summed E-state index contributed by atoms with van der Waals surface area (Å²) < 4.78 is 72.5. The second-order valence-electron chi connectivity index (χ2n) is 3.93. The van der Waals surface area contributed by atoms with Crippen LogP contribution in [-0.4, -0.2) is 6.18 Å². The Balaban J connectivity index is -0.000000315. The second kappa shape index (κ2) is 15.9. The molecule has 0 fully saturated rings. The van der Waals surface area contributed by atoms with E-state index in [0.717, 1.165) is 11.5 Å².